The molecule has 0 saturated heterocycles. The zero-order valence-corrected chi connectivity index (χ0v) is 12.6. The number of halogens is 4. The van der Waals surface area contributed by atoms with Gasteiger partial charge >= 0.3 is 0 Å². The lowest BCUT2D eigenvalue weighted by Crippen LogP contribution is -1.89. The molecule has 1 nitrogen and oxygen atoms in total. The van der Waals surface area contributed by atoms with Crippen LogP contribution in [0.2, 0.25) is 20.1 Å². The number of hydrogen-bond donors (Lipinski definition) is 0. The fourth-order valence-corrected chi connectivity index (χ4v) is 2.63. The minimum Gasteiger partial charge on any atom is -0.303 e. The van der Waals surface area contributed by atoms with E-state index < -0.39 is 0 Å². The van der Waals surface area contributed by atoms with Gasteiger partial charge in [-0.1, -0.05) is 58.5 Å². The third-order valence-corrected chi connectivity index (χ3v) is 4.06. The maximum atomic E-state index is 10.5. The SMILES string of the molecule is O=CCc1ccc(-c2cc(Cl)c(Cl)cc2Cl)cc1Cl. The Morgan fingerprint density at radius 1 is 0.842 bits per heavy atom. The quantitative estimate of drug-likeness (QED) is 0.519. The third kappa shape index (κ3) is 3.24. The standard InChI is InChI=1S/C14H8Cl4O/c15-11-5-9(2-1-8(11)3-4-19)10-6-13(17)14(18)7-12(10)16/h1-2,4-7H,3H2. The Morgan fingerprint density at radius 2 is 1.53 bits per heavy atom. The smallest absolute Gasteiger partial charge is 0.124 e. The minimum atomic E-state index is 0.286. The molecule has 2 aromatic carbocycles. The number of rotatable bonds is 3. The van der Waals surface area contributed by atoms with E-state index in [0.717, 1.165) is 23.0 Å². The van der Waals surface area contributed by atoms with Crippen LogP contribution in [0.5, 0.6) is 0 Å². The van der Waals surface area contributed by atoms with E-state index in [1.165, 1.54) is 0 Å². The van der Waals surface area contributed by atoms with E-state index in [9.17, 15) is 4.79 Å². The Morgan fingerprint density at radius 3 is 2.16 bits per heavy atom. The molecule has 0 heterocycles. The molecule has 2 aromatic rings. The molecule has 0 radical (unpaired) electrons. The van der Waals surface area contributed by atoms with Crippen molar-refractivity contribution in [1.82, 2.24) is 0 Å². The lowest BCUT2D eigenvalue weighted by atomic mass is 10.0. The zero-order chi connectivity index (χ0) is 14.0. The fraction of sp³-hybridized carbons (Fsp3) is 0.0714. The van der Waals surface area contributed by atoms with Gasteiger partial charge in [-0.05, 0) is 29.3 Å². The van der Waals surface area contributed by atoms with Gasteiger partial charge in [-0.3, -0.25) is 0 Å². The van der Waals surface area contributed by atoms with E-state index in [1.54, 1.807) is 24.3 Å². The molecule has 0 amide bonds. The second-order valence-corrected chi connectivity index (χ2v) is 5.55. The lowest BCUT2D eigenvalue weighted by molar-refractivity contribution is -0.107. The van der Waals surface area contributed by atoms with Crippen LogP contribution in [0.3, 0.4) is 0 Å². The average molecular weight is 334 g/mol. The average Bonchev–Trinajstić information content (AvgIpc) is 2.36. The highest BCUT2D eigenvalue weighted by Crippen LogP contribution is 2.36. The monoisotopic (exact) mass is 332 g/mol. The lowest BCUT2D eigenvalue weighted by Gasteiger charge is -2.09. The van der Waals surface area contributed by atoms with E-state index >= 15 is 0 Å². The molecule has 0 N–H and O–H groups in total. The first-order valence-corrected chi connectivity index (χ1v) is 6.91. The Hall–Kier alpha value is -0.730. The second-order valence-electron chi connectivity index (χ2n) is 3.92. The molecular weight excluding hydrogens is 326 g/mol. The largest absolute Gasteiger partial charge is 0.303 e. The Balaban J connectivity index is 2.50. The van der Waals surface area contributed by atoms with Crippen LogP contribution in [-0.2, 0) is 11.2 Å². The molecule has 0 bridgehead atoms. The van der Waals surface area contributed by atoms with Gasteiger partial charge in [0.1, 0.15) is 6.29 Å². The zero-order valence-electron chi connectivity index (χ0n) is 9.59. The number of aldehydes is 1. The van der Waals surface area contributed by atoms with Crippen molar-refractivity contribution in [1.29, 1.82) is 0 Å². The van der Waals surface area contributed by atoms with Crippen molar-refractivity contribution in [3.8, 4) is 11.1 Å². The summed E-state index contributed by atoms with van der Waals surface area (Å²) in [7, 11) is 0. The molecule has 0 aliphatic carbocycles. The van der Waals surface area contributed by atoms with Crippen molar-refractivity contribution in [2.45, 2.75) is 6.42 Å². The van der Waals surface area contributed by atoms with Gasteiger partial charge in [0.05, 0.1) is 10.0 Å². The summed E-state index contributed by atoms with van der Waals surface area (Å²) >= 11 is 24.1. The molecule has 0 aromatic heterocycles. The van der Waals surface area contributed by atoms with Gasteiger partial charge in [0, 0.05) is 22.0 Å². The highest BCUT2D eigenvalue weighted by atomic mass is 35.5. The van der Waals surface area contributed by atoms with Crippen LogP contribution in [0.4, 0.5) is 0 Å². The molecule has 5 heteroatoms. The van der Waals surface area contributed by atoms with Crippen molar-refractivity contribution in [3.05, 3.63) is 56.0 Å². The van der Waals surface area contributed by atoms with Gasteiger partial charge in [0.2, 0.25) is 0 Å². The van der Waals surface area contributed by atoms with Crippen LogP contribution in [-0.4, -0.2) is 6.29 Å². The van der Waals surface area contributed by atoms with Gasteiger partial charge in [-0.2, -0.15) is 0 Å². The summed E-state index contributed by atoms with van der Waals surface area (Å²) in [4.78, 5) is 10.5. The van der Waals surface area contributed by atoms with E-state index in [2.05, 4.69) is 0 Å². The summed E-state index contributed by atoms with van der Waals surface area (Å²) < 4.78 is 0. The van der Waals surface area contributed by atoms with Gasteiger partial charge < -0.3 is 4.79 Å². The number of benzene rings is 2. The van der Waals surface area contributed by atoms with Crippen LogP contribution >= 0.6 is 46.4 Å². The molecule has 0 unspecified atom stereocenters. The molecule has 98 valence electrons. The van der Waals surface area contributed by atoms with Gasteiger partial charge in [-0.25, -0.2) is 0 Å². The number of carbonyl (C=O) groups is 1. The van der Waals surface area contributed by atoms with E-state index in [-0.39, 0.29) is 6.42 Å². The Bertz CT molecular complexity index is 638. The van der Waals surface area contributed by atoms with Crippen molar-refractivity contribution in [3.63, 3.8) is 0 Å². The van der Waals surface area contributed by atoms with Gasteiger partial charge in [0.15, 0.2) is 0 Å². The molecular formula is C14H8Cl4O. The Kier molecular flexibility index (Phi) is 4.75. The third-order valence-electron chi connectivity index (χ3n) is 2.68. The molecule has 19 heavy (non-hydrogen) atoms. The predicted molar refractivity (Wildman–Crippen MR) is 81.7 cm³/mol. The topological polar surface area (TPSA) is 17.1 Å². The summed E-state index contributed by atoms with van der Waals surface area (Å²) in [5, 5.41) is 1.84. The first-order chi connectivity index (χ1) is 9.02. The normalized spacial score (nSPS) is 10.5. The summed E-state index contributed by atoms with van der Waals surface area (Å²) in [6.07, 6.45) is 1.10. The van der Waals surface area contributed by atoms with Crippen molar-refractivity contribution < 1.29 is 4.79 Å². The van der Waals surface area contributed by atoms with E-state index in [0.29, 0.717) is 20.1 Å². The maximum Gasteiger partial charge on any atom is 0.124 e. The van der Waals surface area contributed by atoms with Crippen molar-refractivity contribution in [2.75, 3.05) is 0 Å². The molecule has 0 fully saturated rings. The van der Waals surface area contributed by atoms with Crippen LogP contribution < -0.4 is 0 Å². The summed E-state index contributed by atoms with van der Waals surface area (Å²) in [6, 6.07) is 8.68. The van der Waals surface area contributed by atoms with Crippen LogP contribution in [0.15, 0.2) is 30.3 Å². The highest BCUT2D eigenvalue weighted by molar-refractivity contribution is 6.44. The van der Waals surface area contributed by atoms with Crippen molar-refractivity contribution >= 4 is 52.7 Å². The van der Waals surface area contributed by atoms with Gasteiger partial charge in [0.25, 0.3) is 0 Å². The van der Waals surface area contributed by atoms with Crippen molar-refractivity contribution in [2.24, 2.45) is 0 Å². The molecule has 0 aliphatic rings. The number of hydrogen-bond acceptors (Lipinski definition) is 1. The first-order valence-electron chi connectivity index (χ1n) is 5.40. The van der Waals surface area contributed by atoms with E-state index in [4.69, 9.17) is 46.4 Å². The molecule has 0 aliphatic heterocycles. The fourth-order valence-electron chi connectivity index (χ4n) is 1.71. The predicted octanol–water partition coefficient (Wildman–Crippen LogP) is 5.71. The minimum absolute atomic E-state index is 0.286. The van der Waals surface area contributed by atoms with Crippen LogP contribution in [0.1, 0.15) is 5.56 Å². The highest BCUT2D eigenvalue weighted by Gasteiger charge is 2.10. The second kappa shape index (κ2) is 6.15. The van der Waals surface area contributed by atoms with E-state index in [1.807, 2.05) is 6.07 Å². The molecule has 0 atom stereocenters. The van der Waals surface area contributed by atoms with Crippen LogP contribution in [0, 0.1) is 0 Å². The number of carbonyl (C=O) groups excluding carboxylic acids is 1. The Labute approximate surface area is 131 Å². The molecule has 2 rings (SSSR count). The van der Waals surface area contributed by atoms with Crippen LogP contribution in [0.25, 0.3) is 11.1 Å². The molecule has 0 spiro atoms. The molecule has 0 saturated carbocycles. The maximum absolute atomic E-state index is 10.5. The summed E-state index contributed by atoms with van der Waals surface area (Å²) in [5.74, 6) is 0. The first kappa shape index (κ1) is 14.7. The summed E-state index contributed by atoms with van der Waals surface area (Å²) in [5.41, 5.74) is 2.34. The summed E-state index contributed by atoms with van der Waals surface area (Å²) in [6.45, 7) is 0. The van der Waals surface area contributed by atoms with Gasteiger partial charge in [-0.15, -0.1) is 0 Å².